The zero-order valence-electron chi connectivity index (χ0n) is 12.0. The monoisotopic (exact) mass is 297 g/mol. The number of piperidine rings is 1. The summed E-state index contributed by atoms with van der Waals surface area (Å²) in [5, 5.41) is 12.9. The lowest BCUT2D eigenvalue weighted by molar-refractivity contribution is 0.0463. The molecule has 2 unspecified atom stereocenters. The summed E-state index contributed by atoms with van der Waals surface area (Å²) in [6, 6.07) is 1.63. The van der Waals surface area contributed by atoms with Gasteiger partial charge in [0.2, 0.25) is 0 Å². The van der Waals surface area contributed by atoms with Gasteiger partial charge < -0.3 is 15.3 Å². The Morgan fingerprint density at radius 2 is 2.25 bits per heavy atom. The number of pyridine rings is 1. The number of aliphatic hydroxyl groups is 1. The molecule has 2 rings (SSSR count). The Morgan fingerprint density at radius 3 is 2.85 bits per heavy atom. The van der Waals surface area contributed by atoms with Crippen LogP contribution in [0, 0.1) is 19.8 Å². The quantitative estimate of drug-likeness (QED) is 0.783. The molecular formula is C14H20ClN3O2. The number of aromatic nitrogens is 1. The van der Waals surface area contributed by atoms with Crippen molar-refractivity contribution in [1.29, 1.82) is 0 Å². The number of halogens is 1. The van der Waals surface area contributed by atoms with Gasteiger partial charge in [-0.25, -0.2) is 9.78 Å². The van der Waals surface area contributed by atoms with E-state index in [1.807, 2.05) is 26.8 Å². The highest BCUT2D eigenvalue weighted by atomic mass is 35.5. The van der Waals surface area contributed by atoms with Crippen molar-refractivity contribution in [2.75, 3.05) is 18.4 Å². The van der Waals surface area contributed by atoms with Crippen molar-refractivity contribution in [2.24, 2.45) is 5.92 Å². The molecule has 1 aliphatic heterocycles. The molecule has 2 N–H and O–H groups in total. The molecule has 6 heteroatoms. The average molecular weight is 298 g/mol. The molecule has 1 aliphatic rings. The van der Waals surface area contributed by atoms with Gasteiger partial charge in [-0.2, -0.15) is 0 Å². The minimum absolute atomic E-state index is 0.227. The second kappa shape index (κ2) is 5.97. The van der Waals surface area contributed by atoms with Crippen molar-refractivity contribution in [2.45, 2.75) is 33.3 Å². The molecule has 110 valence electrons. The smallest absolute Gasteiger partial charge is 0.322 e. The highest BCUT2D eigenvalue weighted by Crippen LogP contribution is 2.25. The van der Waals surface area contributed by atoms with E-state index in [2.05, 4.69) is 10.3 Å². The molecule has 0 aromatic carbocycles. The Hall–Kier alpha value is -1.33. The van der Waals surface area contributed by atoms with Gasteiger partial charge in [-0.3, -0.25) is 0 Å². The van der Waals surface area contributed by atoms with E-state index in [0.29, 0.717) is 23.9 Å². The maximum absolute atomic E-state index is 12.2. The summed E-state index contributed by atoms with van der Waals surface area (Å²) >= 11 is 6.08. The number of carbonyl (C=O) groups is 1. The molecule has 0 saturated carbocycles. The van der Waals surface area contributed by atoms with Crippen LogP contribution >= 0.6 is 11.6 Å². The molecule has 1 aromatic heterocycles. The lowest BCUT2D eigenvalue weighted by Crippen LogP contribution is -2.47. The Bertz CT molecular complexity index is 498. The molecule has 0 spiro atoms. The first-order chi connectivity index (χ1) is 9.38. The number of nitrogens with one attached hydrogen (secondary N) is 1. The third-order valence-corrected chi connectivity index (χ3v) is 4.01. The number of anilines is 1. The van der Waals surface area contributed by atoms with Crippen LogP contribution in [0.3, 0.4) is 0 Å². The van der Waals surface area contributed by atoms with Crippen LogP contribution < -0.4 is 5.32 Å². The SMILES string of the molecule is Cc1cc(C)c(NC(=O)N2CCC(C)C(O)C2)c(Cl)n1. The Balaban J connectivity index is 2.09. The second-order valence-electron chi connectivity index (χ2n) is 5.46. The molecule has 1 aromatic rings. The maximum atomic E-state index is 12.2. The van der Waals surface area contributed by atoms with Crippen molar-refractivity contribution in [3.8, 4) is 0 Å². The molecule has 2 amide bonds. The second-order valence-corrected chi connectivity index (χ2v) is 5.81. The van der Waals surface area contributed by atoms with Crippen molar-refractivity contribution in [1.82, 2.24) is 9.88 Å². The largest absolute Gasteiger partial charge is 0.391 e. The zero-order valence-corrected chi connectivity index (χ0v) is 12.7. The minimum atomic E-state index is -0.470. The lowest BCUT2D eigenvalue weighted by atomic mass is 9.96. The Morgan fingerprint density at radius 1 is 1.55 bits per heavy atom. The van der Waals surface area contributed by atoms with Crippen LogP contribution in [0.5, 0.6) is 0 Å². The van der Waals surface area contributed by atoms with Gasteiger partial charge in [0.1, 0.15) is 0 Å². The fourth-order valence-electron chi connectivity index (χ4n) is 2.36. The maximum Gasteiger partial charge on any atom is 0.322 e. The van der Waals surface area contributed by atoms with Crippen molar-refractivity contribution in [3.63, 3.8) is 0 Å². The van der Waals surface area contributed by atoms with Crippen LogP contribution in [0.1, 0.15) is 24.6 Å². The Kier molecular flexibility index (Phi) is 4.50. The van der Waals surface area contributed by atoms with E-state index in [-0.39, 0.29) is 11.9 Å². The number of hydrogen-bond acceptors (Lipinski definition) is 3. The highest BCUT2D eigenvalue weighted by Gasteiger charge is 2.27. The van der Waals surface area contributed by atoms with Gasteiger partial charge in [0.15, 0.2) is 5.15 Å². The molecule has 0 radical (unpaired) electrons. The number of rotatable bonds is 1. The standard InChI is InChI=1S/C14H20ClN3O2/c1-8-4-5-18(7-11(8)19)14(20)17-12-9(2)6-10(3)16-13(12)15/h6,8,11,19H,4-5,7H2,1-3H3,(H,17,20). The number of urea groups is 1. The topological polar surface area (TPSA) is 65.5 Å². The summed E-state index contributed by atoms with van der Waals surface area (Å²) in [6.45, 7) is 6.71. The minimum Gasteiger partial charge on any atom is -0.391 e. The number of β-amino-alcohol motifs (C(OH)–C–C–N with tert-alkyl or cyclic N) is 1. The fourth-order valence-corrected chi connectivity index (χ4v) is 2.69. The summed E-state index contributed by atoms with van der Waals surface area (Å²) < 4.78 is 0. The molecule has 20 heavy (non-hydrogen) atoms. The fraction of sp³-hybridized carbons (Fsp3) is 0.571. The van der Waals surface area contributed by atoms with Gasteiger partial charge in [-0.05, 0) is 37.8 Å². The summed E-state index contributed by atoms with van der Waals surface area (Å²) in [5.41, 5.74) is 2.23. The number of nitrogens with zero attached hydrogens (tertiary/aromatic N) is 2. The number of hydrogen-bond donors (Lipinski definition) is 2. The van der Waals surface area contributed by atoms with E-state index < -0.39 is 6.10 Å². The molecular weight excluding hydrogens is 278 g/mol. The van der Waals surface area contributed by atoms with Gasteiger partial charge in [-0.1, -0.05) is 18.5 Å². The third-order valence-electron chi connectivity index (χ3n) is 3.74. The lowest BCUT2D eigenvalue weighted by Gasteiger charge is -2.34. The number of likely N-dealkylation sites (tertiary alicyclic amines) is 1. The van der Waals surface area contributed by atoms with E-state index in [1.165, 1.54) is 0 Å². The van der Waals surface area contributed by atoms with Crippen LogP contribution in [0.15, 0.2) is 6.07 Å². The average Bonchev–Trinajstić information content (AvgIpc) is 2.36. The normalized spacial score (nSPS) is 22.8. The molecule has 0 bridgehead atoms. The molecule has 1 saturated heterocycles. The molecule has 0 aliphatic carbocycles. The number of aryl methyl sites for hydroxylation is 2. The Labute approximate surface area is 123 Å². The van der Waals surface area contributed by atoms with Gasteiger partial charge in [0.05, 0.1) is 11.8 Å². The third kappa shape index (κ3) is 3.22. The predicted molar refractivity (Wildman–Crippen MR) is 79.1 cm³/mol. The zero-order chi connectivity index (χ0) is 14.9. The van der Waals surface area contributed by atoms with E-state index >= 15 is 0 Å². The summed E-state index contributed by atoms with van der Waals surface area (Å²) in [6.07, 6.45) is 0.329. The van der Waals surface area contributed by atoms with Gasteiger partial charge in [0.25, 0.3) is 0 Å². The van der Waals surface area contributed by atoms with Crippen molar-refractivity contribution >= 4 is 23.3 Å². The van der Waals surface area contributed by atoms with Crippen LogP contribution in [0.2, 0.25) is 5.15 Å². The molecule has 1 fully saturated rings. The predicted octanol–water partition coefficient (Wildman–Crippen LogP) is 2.59. The van der Waals surface area contributed by atoms with Crippen molar-refractivity contribution < 1.29 is 9.90 Å². The first-order valence-corrected chi connectivity index (χ1v) is 7.14. The molecule has 2 atom stereocenters. The van der Waals surface area contributed by atoms with E-state index in [4.69, 9.17) is 11.6 Å². The molecule has 5 nitrogen and oxygen atoms in total. The number of aliphatic hydroxyl groups excluding tert-OH is 1. The molecule has 2 heterocycles. The summed E-state index contributed by atoms with van der Waals surface area (Å²) in [7, 11) is 0. The first kappa shape index (κ1) is 15.1. The van der Waals surface area contributed by atoms with Crippen LogP contribution in [-0.4, -0.2) is 40.2 Å². The van der Waals surface area contributed by atoms with Crippen LogP contribution in [0.4, 0.5) is 10.5 Å². The van der Waals surface area contributed by atoms with Crippen LogP contribution in [-0.2, 0) is 0 Å². The van der Waals surface area contributed by atoms with E-state index in [9.17, 15) is 9.90 Å². The van der Waals surface area contributed by atoms with Crippen LogP contribution in [0.25, 0.3) is 0 Å². The summed E-state index contributed by atoms with van der Waals surface area (Å²) in [5.74, 6) is 0.227. The van der Waals surface area contributed by atoms with Crippen molar-refractivity contribution in [3.05, 3.63) is 22.5 Å². The number of amides is 2. The van der Waals surface area contributed by atoms with E-state index in [0.717, 1.165) is 17.7 Å². The van der Waals surface area contributed by atoms with E-state index in [1.54, 1.807) is 4.90 Å². The summed E-state index contributed by atoms with van der Waals surface area (Å²) in [4.78, 5) is 18.0. The van der Waals surface area contributed by atoms with Gasteiger partial charge >= 0.3 is 6.03 Å². The van der Waals surface area contributed by atoms with Gasteiger partial charge in [-0.15, -0.1) is 0 Å². The number of carbonyl (C=O) groups excluding carboxylic acids is 1. The highest BCUT2D eigenvalue weighted by molar-refractivity contribution is 6.32. The van der Waals surface area contributed by atoms with Gasteiger partial charge in [0, 0.05) is 18.8 Å². The first-order valence-electron chi connectivity index (χ1n) is 6.76.